The van der Waals surface area contributed by atoms with E-state index in [1.165, 1.54) is 0 Å². The number of aryl methyl sites for hydroxylation is 2. The van der Waals surface area contributed by atoms with Crippen molar-refractivity contribution in [2.45, 2.75) is 59.2 Å². The number of nitrogens with zero attached hydrogens (tertiary/aromatic N) is 3. The van der Waals surface area contributed by atoms with Crippen molar-refractivity contribution in [2.24, 2.45) is 0 Å². The van der Waals surface area contributed by atoms with Crippen LogP contribution in [0.15, 0.2) is 0 Å². The third-order valence-electron chi connectivity index (χ3n) is 4.87. The number of nitrogens with one attached hydrogen (secondary N) is 2. The van der Waals surface area contributed by atoms with Gasteiger partial charge in [-0.2, -0.15) is 5.10 Å². The van der Waals surface area contributed by atoms with Gasteiger partial charge in [-0.05, 0) is 60.7 Å². The Bertz CT molecular complexity index is 533. The Hall–Kier alpha value is -1.40. The minimum Gasteiger partial charge on any atom is -0.348 e. The Morgan fingerprint density at radius 3 is 2.65 bits per heavy atom. The zero-order valence-electron chi connectivity index (χ0n) is 15.1. The van der Waals surface area contributed by atoms with Gasteiger partial charge in [0.05, 0.1) is 18.3 Å². The van der Waals surface area contributed by atoms with Gasteiger partial charge in [0.1, 0.15) is 0 Å². The van der Waals surface area contributed by atoms with Gasteiger partial charge in [-0.15, -0.1) is 0 Å². The smallest absolute Gasteiger partial charge is 0.234 e. The zero-order chi connectivity index (χ0) is 17.0. The number of rotatable bonds is 6. The molecular weight excluding hydrogens is 290 g/mol. The molecule has 1 fully saturated rings. The highest BCUT2D eigenvalue weighted by Gasteiger charge is 2.22. The Morgan fingerprint density at radius 1 is 1.43 bits per heavy atom. The number of hydrogen-bond donors (Lipinski definition) is 2. The van der Waals surface area contributed by atoms with Crippen LogP contribution in [0.3, 0.4) is 0 Å². The monoisotopic (exact) mass is 321 g/mol. The summed E-state index contributed by atoms with van der Waals surface area (Å²) in [5.41, 5.74) is 3.29. The molecule has 130 valence electrons. The molecule has 2 heterocycles. The van der Waals surface area contributed by atoms with E-state index in [0.717, 1.165) is 49.4 Å². The first-order valence-electron chi connectivity index (χ1n) is 8.68. The maximum Gasteiger partial charge on any atom is 0.234 e. The molecule has 0 aliphatic carbocycles. The fraction of sp³-hybridized carbons (Fsp3) is 0.765. The molecule has 0 radical (unpaired) electrons. The molecule has 1 aromatic heterocycles. The van der Waals surface area contributed by atoms with Crippen molar-refractivity contribution in [1.29, 1.82) is 0 Å². The van der Waals surface area contributed by atoms with Crippen molar-refractivity contribution in [3.63, 3.8) is 0 Å². The van der Waals surface area contributed by atoms with E-state index < -0.39 is 0 Å². The van der Waals surface area contributed by atoms with Crippen LogP contribution in [0, 0.1) is 13.8 Å². The Labute approximate surface area is 139 Å². The molecule has 2 N–H and O–H groups in total. The molecule has 0 bridgehead atoms. The number of carbonyl (C=O) groups is 1. The number of piperidine rings is 1. The van der Waals surface area contributed by atoms with Crippen molar-refractivity contribution in [3.05, 3.63) is 17.0 Å². The summed E-state index contributed by atoms with van der Waals surface area (Å²) in [5, 5.41) is 11.0. The average molecular weight is 321 g/mol. The third-order valence-corrected chi connectivity index (χ3v) is 4.87. The Balaban J connectivity index is 1.93. The van der Waals surface area contributed by atoms with Gasteiger partial charge >= 0.3 is 0 Å². The van der Waals surface area contributed by atoms with Crippen LogP contribution in [0.4, 0.5) is 0 Å². The van der Waals surface area contributed by atoms with E-state index in [9.17, 15) is 4.79 Å². The SMILES string of the molecule is CCn1nc(C)c(C(C)NC(=O)CN(C)C2CCNCC2)c1C. The number of likely N-dealkylation sites (N-methyl/N-ethyl adjacent to an activating group) is 1. The lowest BCUT2D eigenvalue weighted by atomic mass is 10.0. The molecule has 1 atom stereocenters. The first-order valence-corrected chi connectivity index (χ1v) is 8.68. The number of hydrogen-bond acceptors (Lipinski definition) is 4. The summed E-state index contributed by atoms with van der Waals surface area (Å²) in [6, 6.07) is 0.493. The normalized spacial score (nSPS) is 17.5. The highest BCUT2D eigenvalue weighted by molar-refractivity contribution is 5.78. The van der Waals surface area contributed by atoms with Gasteiger partial charge in [-0.25, -0.2) is 0 Å². The molecule has 6 nitrogen and oxygen atoms in total. The summed E-state index contributed by atoms with van der Waals surface area (Å²) >= 11 is 0. The Kier molecular flexibility index (Phi) is 6.18. The second-order valence-corrected chi connectivity index (χ2v) is 6.59. The van der Waals surface area contributed by atoms with Gasteiger partial charge in [-0.1, -0.05) is 0 Å². The quantitative estimate of drug-likeness (QED) is 0.831. The van der Waals surface area contributed by atoms with E-state index in [1.807, 2.05) is 25.6 Å². The number of amides is 1. The van der Waals surface area contributed by atoms with Crippen LogP contribution in [0.1, 0.15) is 49.7 Å². The molecule has 1 amide bonds. The fourth-order valence-electron chi connectivity index (χ4n) is 3.61. The van der Waals surface area contributed by atoms with Gasteiger partial charge in [0.25, 0.3) is 0 Å². The first-order chi connectivity index (χ1) is 10.9. The van der Waals surface area contributed by atoms with Crippen LogP contribution >= 0.6 is 0 Å². The van der Waals surface area contributed by atoms with Crippen molar-refractivity contribution < 1.29 is 4.79 Å². The molecule has 6 heteroatoms. The molecule has 1 saturated heterocycles. The zero-order valence-corrected chi connectivity index (χ0v) is 15.1. The molecule has 0 spiro atoms. The Morgan fingerprint density at radius 2 is 2.09 bits per heavy atom. The van der Waals surface area contributed by atoms with Gasteiger partial charge < -0.3 is 10.6 Å². The third kappa shape index (κ3) is 4.32. The molecule has 23 heavy (non-hydrogen) atoms. The van der Waals surface area contributed by atoms with Gasteiger partial charge in [0.2, 0.25) is 5.91 Å². The summed E-state index contributed by atoms with van der Waals surface area (Å²) < 4.78 is 1.99. The second-order valence-electron chi connectivity index (χ2n) is 6.59. The van der Waals surface area contributed by atoms with Crippen LogP contribution < -0.4 is 10.6 Å². The van der Waals surface area contributed by atoms with Crippen LogP contribution in [0.2, 0.25) is 0 Å². The number of carbonyl (C=O) groups excluding carboxylic acids is 1. The van der Waals surface area contributed by atoms with Gasteiger partial charge in [0.15, 0.2) is 0 Å². The molecule has 1 aromatic rings. The highest BCUT2D eigenvalue weighted by Crippen LogP contribution is 2.21. The summed E-state index contributed by atoms with van der Waals surface area (Å²) in [6.07, 6.45) is 2.22. The summed E-state index contributed by atoms with van der Waals surface area (Å²) in [5.74, 6) is 0.0848. The molecule has 1 unspecified atom stereocenters. The maximum atomic E-state index is 12.4. The van der Waals surface area contributed by atoms with E-state index >= 15 is 0 Å². The van der Waals surface area contributed by atoms with Crippen LogP contribution in [0.5, 0.6) is 0 Å². The maximum absolute atomic E-state index is 12.4. The lowest BCUT2D eigenvalue weighted by Crippen LogP contribution is -2.45. The van der Waals surface area contributed by atoms with E-state index in [4.69, 9.17) is 0 Å². The predicted molar refractivity (Wildman–Crippen MR) is 92.5 cm³/mol. The van der Waals surface area contributed by atoms with Gasteiger partial charge in [-0.3, -0.25) is 14.4 Å². The van der Waals surface area contributed by atoms with Crippen molar-refractivity contribution >= 4 is 5.91 Å². The average Bonchev–Trinajstić information content (AvgIpc) is 2.82. The largest absolute Gasteiger partial charge is 0.348 e. The molecule has 0 aromatic carbocycles. The minimum atomic E-state index is -0.00998. The molecular formula is C17H31N5O. The standard InChI is InChI=1S/C17H31N5O/c1-6-22-14(4)17(13(3)20-22)12(2)19-16(23)11-21(5)15-7-9-18-10-8-15/h12,15,18H,6-11H2,1-5H3,(H,19,23). The predicted octanol–water partition coefficient (Wildman–Crippen LogP) is 1.38. The van der Waals surface area contributed by atoms with E-state index in [-0.39, 0.29) is 11.9 Å². The van der Waals surface area contributed by atoms with Crippen molar-refractivity contribution in [3.8, 4) is 0 Å². The van der Waals surface area contributed by atoms with Gasteiger partial charge in [0, 0.05) is 23.8 Å². The molecule has 2 rings (SSSR count). The topological polar surface area (TPSA) is 62.2 Å². The first kappa shape index (κ1) is 17.9. The van der Waals surface area contributed by atoms with E-state index in [2.05, 4.69) is 34.5 Å². The summed E-state index contributed by atoms with van der Waals surface area (Å²) in [4.78, 5) is 14.6. The molecule has 1 aliphatic heterocycles. The van der Waals surface area contributed by atoms with Crippen molar-refractivity contribution in [2.75, 3.05) is 26.7 Å². The lowest BCUT2D eigenvalue weighted by Gasteiger charge is -2.31. The summed E-state index contributed by atoms with van der Waals surface area (Å²) in [7, 11) is 2.05. The minimum absolute atomic E-state index is 0.00998. The highest BCUT2D eigenvalue weighted by atomic mass is 16.2. The van der Waals surface area contributed by atoms with Crippen LogP contribution in [-0.2, 0) is 11.3 Å². The molecule has 0 saturated carbocycles. The number of aromatic nitrogens is 2. The van der Waals surface area contributed by atoms with Crippen molar-refractivity contribution in [1.82, 2.24) is 25.3 Å². The summed E-state index contributed by atoms with van der Waals surface area (Å²) in [6.45, 7) is 11.6. The van der Waals surface area contributed by atoms with E-state index in [1.54, 1.807) is 0 Å². The van der Waals surface area contributed by atoms with Crippen LogP contribution in [-0.4, -0.2) is 53.3 Å². The fourth-order valence-corrected chi connectivity index (χ4v) is 3.61. The lowest BCUT2D eigenvalue weighted by molar-refractivity contribution is -0.123. The van der Waals surface area contributed by atoms with E-state index in [0.29, 0.717) is 12.6 Å². The van der Waals surface area contributed by atoms with Crippen LogP contribution in [0.25, 0.3) is 0 Å². The second kappa shape index (κ2) is 7.93. The molecule has 1 aliphatic rings.